The van der Waals surface area contributed by atoms with E-state index in [-0.39, 0.29) is 0 Å². The molecule has 0 atom stereocenters. The van der Waals surface area contributed by atoms with Crippen LogP contribution >= 0.6 is 0 Å². The maximum absolute atomic E-state index is 5.31. The van der Waals surface area contributed by atoms with Gasteiger partial charge in [-0.3, -0.25) is 10.5 Å². The largest absolute Gasteiger partial charge is 0.385 e. The highest BCUT2D eigenvalue weighted by Gasteiger charge is 1.97. The second-order valence-corrected chi connectivity index (χ2v) is 3.01. The number of nitrogens with two attached hydrogens (primary N) is 1. The van der Waals surface area contributed by atoms with Gasteiger partial charge in [-0.15, -0.1) is 0 Å². The van der Waals surface area contributed by atoms with Crippen molar-refractivity contribution in [3.8, 4) is 0 Å². The van der Waals surface area contributed by atoms with Crippen molar-refractivity contribution in [2.45, 2.75) is 13.0 Å². The smallest absolute Gasteiger partial charge is 0.206 e. The predicted octanol–water partition coefficient (Wildman–Crippen LogP) is -1.25. The molecule has 0 aromatic carbocycles. The van der Waals surface area contributed by atoms with Crippen LogP contribution in [-0.2, 0) is 11.3 Å². The standard InChI is InChI=1S/C8H17N7O/c1-16-4-2-3-10-8(14-9)11-5-7-12-6-13-15-7/h6H,2-5,9H2,1H3,(H2,10,11,14)(H,12,13,15). The zero-order valence-electron chi connectivity index (χ0n) is 9.23. The van der Waals surface area contributed by atoms with Crippen LogP contribution in [0.4, 0.5) is 0 Å². The third-order valence-electron chi connectivity index (χ3n) is 1.81. The lowest BCUT2D eigenvalue weighted by atomic mass is 10.4. The lowest BCUT2D eigenvalue weighted by Crippen LogP contribution is -2.42. The van der Waals surface area contributed by atoms with Crippen molar-refractivity contribution in [2.75, 3.05) is 20.3 Å². The first-order valence-corrected chi connectivity index (χ1v) is 4.95. The molecule has 8 nitrogen and oxygen atoms in total. The molecule has 0 spiro atoms. The maximum Gasteiger partial charge on any atom is 0.206 e. The average Bonchev–Trinajstić information content (AvgIpc) is 2.81. The van der Waals surface area contributed by atoms with Crippen LogP contribution in [0.15, 0.2) is 11.3 Å². The molecule has 0 fully saturated rings. The summed E-state index contributed by atoms with van der Waals surface area (Å²) in [5, 5.41) is 9.47. The number of aliphatic imine (C=N–C) groups is 1. The second-order valence-electron chi connectivity index (χ2n) is 3.01. The van der Waals surface area contributed by atoms with E-state index in [1.165, 1.54) is 6.33 Å². The number of hydrogen-bond donors (Lipinski definition) is 4. The molecule has 0 saturated carbocycles. The molecule has 1 aromatic rings. The van der Waals surface area contributed by atoms with Crippen molar-refractivity contribution < 1.29 is 4.74 Å². The molecule has 16 heavy (non-hydrogen) atoms. The van der Waals surface area contributed by atoms with Crippen LogP contribution in [0.1, 0.15) is 12.2 Å². The van der Waals surface area contributed by atoms with Gasteiger partial charge in [0.1, 0.15) is 18.7 Å². The van der Waals surface area contributed by atoms with Gasteiger partial charge in [0.25, 0.3) is 0 Å². The fourth-order valence-corrected chi connectivity index (χ4v) is 1.04. The summed E-state index contributed by atoms with van der Waals surface area (Å²) in [5.74, 6) is 6.51. The molecule has 1 aromatic heterocycles. The molecule has 0 aliphatic heterocycles. The van der Waals surface area contributed by atoms with Gasteiger partial charge in [-0.05, 0) is 6.42 Å². The van der Waals surface area contributed by atoms with Gasteiger partial charge in [-0.1, -0.05) is 0 Å². The van der Waals surface area contributed by atoms with Gasteiger partial charge in [0.05, 0.1) is 0 Å². The van der Waals surface area contributed by atoms with E-state index in [4.69, 9.17) is 10.6 Å². The van der Waals surface area contributed by atoms with Gasteiger partial charge < -0.3 is 10.1 Å². The molecule has 0 unspecified atom stereocenters. The molecule has 0 radical (unpaired) electrons. The van der Waals surface area contributed by atoms with Crippen LogP contribution in [-0.4, -0.2) is 41.4 Å². The van der Waals surface area contributed by atoms with Crippen LogP contribution in [0.25, 0.3) is 0 Å². The summed E-state index contributed by atoms with van der Waals surface area (Å²) >= 11 is 0. The van der Waals surface area contributed by atoms with Crippen molar-refractivity contribution in [3.05, 3.63) is 12.2 Å². The van der Waals surface area contributed by atoms with E-state index >= 15 is 0 Å². The Morgan fingerprint density at radius 1 is 1.69 bits per heavy atom. The van der Waals surface area contributed by atoms with Gasteiger partial charge in [-0.2, -0.15) is 5.10 Å². The summed E-state index contributed by atoms with van der Waals surface area (Å²) in [6, 6.07) is 0. The highest BCUT2D eigenvalue weighted by Crippen LogP contribution is 1.88. The summed E-state index contributed by atoms with van der Waals surface area (Å²) in [7, 11) is 1.67. The van der Waals surface area contributed by atoms with Crippen molar-refractivity contribution in [1.82, 2.24) is 25.9 Å². The minimum atomic E-state index is 0.400. The fraction of sp³-hybridized carbons (Fsp3) is 0.625. The molecule has 1 heterocycles. The summed E-state index contributed by atoms with van der Waals surface area (Å²) in [6.07, 6.45) is 2.33. The minimum Gasteiger partial charge on any atom is -0.385 e. The van der Waals surface area contributed by atoms with E-state index < -0.39 is 0 Å². The molecule has 8 heteroatoms. The molecule has 0 aliphatic rings. The second kappa shape index (κ2) is 7.60. The summed E-state index contributed by atoms with van der Waals surface area (Å²) in [4.78, 5) is 8.12. The summed E-state index contributed by atoms with van der Waals surface area (Å²) in [6.45, 7) is 1.84. The number of hydrazine groups is 1. The van der Waals surface area contributed by atoms with Crippen molar-refractivity contribution in [1.29, 1.82) is 0 Å². The molecule has 0 aliphatic carbocycles. The van der Waals surface area contributed by atoms with E-state index in [0.717, 1.165) is 13.0 Å². The van der Waals surface area contributed by atoms with Crippen molar-refractivity contribution in [2.24, 2.45) is 10.8 Å². The monoisotopic (exact) mass is 227 g/mol. The van der Waals surface area contributed by atoms with E-state index in [1.807, 2.05) is 0 Å². The van der Waals surface area contributed by atoms with Gasteiger partial charge in [-0.25, -0.2) is 15.8 Å². The Hall–Kier alpha value is -1.67. The molecule has 1 rings (SSSR count). The van der Waals surface area contributed by atoms with Gasteiger partial charge in [0.15, 0.2) is 0 Å². The topological polar surface area (TPSA) is 113 Å². The molecule has 0 amide bonds. The predicted molar refractivity (Wildman–Crippen MR) is 59.3 cm³/mol. The number of hydrogen-bond acceptors (Lipinski definition) is 5. The Bertz CT molecular complexity index is 297. The fourth-order valence-electron chi connectivity index (χ4n) is 1.04. The minimum absolute atomic E-state index is 0.400. The number of H-pyrrole nitrogens is 1. The Labute approximate surface area is 93.7 Å². The zero-order chi connectivity index (χ0) is 11.6. The summed E-state index contributed by atoms with van der Waals surface area (Å²) in [5.41, 5.74) is 2.48. The Balaban J connectivity index is 2.27. The first kappa shape index (κ1) is 12.4. The Morgan fingerprint density at radius 3 is 3.19 bits per heavy atom. The summed E-state index contributed by atoms with van der Waals surface area (Å²) < 4.78 is 4.92. The molecule has 5 N–H and O–H groups in total. The molecular formula is C8H17N7O. The lowest BCUT2D eigenvalue weighted by molar-refractivity contribution is 0.195. The van der Waals surface area contributed by atoms with Gasteiger partial charge in [0.2, 0.25) is 5.96 Å². The quantitative estimate of drug-likeness (QED) is 0.159. The first-order valence-electron chi connectivity index (χ1n) is 4.95. The Morgan fingerprint density at radius 2 is 2.56 bits per heavy atom. The number of methoxy groups -OCH3 is 1. The zero-order valence-corrected chi connectivity index (χ0v) is 9.23. The van der Waals surface area contributed by atoms with Crippen molar-refractivity contribution in [3.63, 3.8) is 0 Å². The van der Waals surface area contributed by atoms with E-state index in [2.05, 4.69) is 30.9 Å². The van der Waals surface area contributed by atoms with Gasteiger partial charge >= 0.3 is 0 Å². The maximum atomic E-state index is 5.31. The molecule has 0 bridgehead atoms. The number of rotatable bonds is 6. The number of guanidine groups is 1. The molecule has 90 valence electrons. The van der Waals surface area contributed by atoms with E-state index in [1.54, 1.807) is 7.11 Å². The van der Waals surface area contributed by atoms with E-state index in [9.17, 15) is 0 Å². The first-order chi connectivity index (χ1) is 7.86. The normalized spacial score (nSPS) is 11.5. The van der Waals surface area contributed by atoms with E-state index in [0.29, 0.717) is 24.9 Å². The van der Waals surface area contributed by atoms with Gasteiger partial charge in [0, 0.05) is 20.3 Å². The average molecular weight is 227 g/mol. The third kappa shape index (κ3) is 4.71. The molecular weight excluding hydrogens is 210 g/mol. The number of aromatic nitrogens is 3. The Kier molecular flexibility index (Phi) is 5.89. The van der Waals surface area contributed by atoms with Crippen LogP contribution in [0.5, 0.6) is 0 Å². The van der Waals surface area contributed by atoms with Crippen LogP contribution in [0.2, 0.25) is 0 Å². The van der Waals surface area contributed by atoms with Crippen LogP contribution in [0, 0.1) is 0 Å². The number of aromatic amines is 1. The van der Waals surface area contributed by atoms with Crippen LogP contribution in [0.3, 0.4) is 0 Å². The lowest BCUT2D eigenvalue weighted by Gasteiger charge is -2.07. The van der Waals surface area contributed by atoms with Crippen molar-refractivity contribution >= 4 is 5.96 Å². The SMILES string of the molecule is COCCCNC(=NCc1ncn[nH]1)NN. The third-order valence-corrected chi connectivity index (χ3v) is 1.81. The number of nitrogens with one attached hydrogen (secondary N) is 3. The molecule has 0 saturated heterocycles. The van der Waals surface area contributed by atoms with Crippen LogP contribution < -0.4 is 16.6 Å². The highest BCUT2D eigenvalue weighted by atomic mass is 16.5. The number of nitrogens with zero attached hydrogens (tertiary/aromatic N) is 3. The number of ether oxygens (including phenoxy) is 1. The highest BCUT2D eigenvalue weighted by molar-refractivity contribution is 5.79.